The van der Waals surface area contributed by atoms with E-state index in [1.807, 2.05) is 20.8 Å². The number of aromatic nitrogens is 1. The summed E-state index contributed by atoms with van der Waals surface area (Å²) in [6, 6.07) is -0.0579. The molecule has 5 nitrogen and oxygen atoms in total. The van der Waals surface area contributed by atoms with Crippen LogP contribution in [0.4, 0.5) is 18.0 Å². The van der Waals surface area contributed by atoms with Gasteiger partial charge in [0.05, 0.1) is 29.7 Å². The predicted molar refractivity (Wildman–Crippen MR) is 94.4 cm³/mol. The number of ether oxygens (including phenoxy) is 2. The van der Waals surface area contributed by atoms with Crippen LogP contribution in [0.25, 0.3) is 10.9 Å². The Morgan fingerprint density at radius 3 is 2.44 bits per heavy atom. The molecule has 0 saturated carbocycles. The largest absolute Gasteiger partial charge is 0.514 e. The lowest BCUT2D eigenvalue weighted by Crippen LogP contribution is -2.26. The zero-order valence-electron chi connectivity index (χ0n) is 15.4. The predicted octanol–water partition coefficient (Wildman–Crippen LogP) is 4.73. The molecule has 0 aliphatic carbocycles. The van der Waals surface area contributed by atoms with Gasteiger partial charge in [-0.1, -0.05) is 26.8 Å². The fourth-order valence-corrected chi connectivity index (χ4v) is 2.81. The fraction of sp³-hybridized carbons (Fsp3) is 0.368. The molecule has 0 saturated heterocycles. The van der Waals surface area contributed by atoms with E-state index in [4.69, 9.17) is 4.74 Å². The molecule has 0 fully saturated rings. The molecule has 2 aromatic rings. The van der Waals surface area contributed by atoms with Crippen molar-refractivity contribution in [2.24, 2.45) is 5.41 Å². The Balaban J connectivity index is 2.91. The van der Waals surface area contributed by atoms with Gasteiger partial charge in [-0.05, 0) is 18.4 Å². The first-order chi connectivity index (χ1) is 12.5. The van der Waals surface area contributed by atoms with Gasteiger partial charge in [-0.15, -0.1) is 6.58 Å². The number of hydrogen-bond acceptors (Lipinski definition) is 4. The molecule has 0 aliphatic rings. The minimum Gasteiger partial charge on any atom is -0.434 e. The number of allylic oxidation sites excluding steroid dienone is 1. The second-order valence-corrected chi connectivity index (χ2v) is 6.94. The van der Waals surface area contributed by atoms with Crippen molar-refractivity contribution in [3.05, 3.63) is 52.6 Å². The second-order valence-electron chi connectivity index (χ2n) is 6.94. The molecule has 0 aliphatic heterocycles. The topological polar surface area (TPSA) is 57.5 Å². The van der Waals surface area contributed by atoms with E-state index in [-0.39, 0.29) is 6.61 Å². The van der Waals surface area contributed by atoms with Crippen molar-refractivity contribution in [2.45, 2.75) is 33.7 Å². The number of fused-ring (bicyclic) bond motifs is 1. The molecule has 0 N–H and O–H groups in total. The SMILES string of the molecule is C=CC(n1cc(OC(=O)OCC)c(=O)c2cc(F)c(F)c(F)c21)C(C)(C)C. The number of carbonyl (C=O) groups is 1. The average molecular weight is 383 g/mol. The number of rotatable bonds is 4. The molecule has 0 bridgehead atoms. The van der Waals surface area contributed by atoms with E-state index in [2.05, 4.69) is 11.3 Å². The van der Waals surface area contributed by atoms with Crippen molar-refractivity contribution < 1.29 is 27.4 Å². The van der Waals surface area contributed by atoms with E-state index in [1.165, 1.54) is 10.6 Å². The Hall–Kier alpha value is -2.77. The number of carbonyl (C=O) groups excluding carboxylic acids is 1. The highest BCUT2D eigenvalue weighted by molar-refractivity contribution is 5.82. The van der Waals surface area contributed by atoms with Crippen molar-refractivity contribution in [1.82, 2.24) is 4.57 Å². The fourth-order valence-electron chi connectivity index (χ4n) is 2.81. The lowest BCUT2D eigenvalue weighted by molar-refractivity contribution is 0.103. The zero-order chi connectivity index (χ0) is 20.5. The Bertz CT molecular complexity index is 960. The number of halogens is 3. The maximum atomic E-state index is 14.6. The highest BCUT2D eigenvalue weighted by Gasteiger charge is 2.29. The third-order valence-corrected chi connectivity index (χ3v) is 3.99. The molecule has 146 valence electrons. The van der Waals surface area contributed by atoms with E-state index in [0.29, 0.717) is 6.07 Å². The van der Waals surface area contributed by atoms with Gasteiger partial charge < -0.3 is 14.0 Å². The minimum atomic E-state index is -1.70. The van der Waals surface area contributed by atoms with Crippen molar-refractivity contribution in [3.63, 3.8) is 0 Å². The molecule has 0 amide bonds. The van der Waals surface area contributed by atoms with Crippen LogP contribution >= 0.6 is 0 Å². The summed E-state index contributed by atoms with van der Waals surface area (Å²) in [5.74, 6) is -5.24. The maximum Gasteiger partial charge on any atom is 0.514 e. The highest BCUT2D eigenvalue weighted by atomic mass is 19.2. The summed E-state index contributed by atoms with van der Waals surface area (Å²) in [5.41, 5.74) is -1.96. The van der Waals surface area contributed by atoms with Gasteiger partial charge in [-0.25, -0.2) is 18.0 Å². The van der Waals surface area contributed by atoms with Crippen LogP contribution in [-0.4, -0.2) is 17.3 Å². The monoisotopic (exact) mass is 383 g/mol. The maximum absolute atomic E-state index is 14.6. The average Bonchev–Trinajstić information content (AvgIpc) is 2.56. The normalized spacial score (nSPS) is 12.7. The smallest absolute Gasteiger partial charge is 0.434 e. The van der Waals surface area contributed by atoms with E-state index >= 15 is 0 Å². The molecule has 8 heteroatoms. The van der Waals surface area contributed by atoms with Crippen molar-refractivity contribution >= 4 is 17.1 Å². The Labute approximate surface area is 154 Å². The van der Waals surface area contributed by atoms with Crippen molar-refractivity contribution in [2.75, 3.05) is 6.61 Å². The Morgan fingerprint density at radius 2 is 1.93 bits per heavy atom. The quantitative estimate of drug-likeness (QED) is 0.435. The Morgan fingerprint density at radius 1 is 1.30 bits per heavy atom. The number of hydrogen-bond donors (Lipinski definition) is 0. The summed E-state index contributed by atoms with van der Waals surface area (Å²) >= 11 is 0. The first-order valence-corrected chi connectivity index (χ1v) is 8.22. The van der Waals surface area contributed by atoms with E-state index in [9.17, 15) is 22.8 Å². The zero-order valence-corrected chi connectivity index (χ0v) is 15.4. The molecular weight excluding hydrogens is 363 g/mol. The van der Waals surface area contributed by atoms with Crippen LogP contribution in [0.2, 0.25) is 0 Å². The Kier molecular flexibility index (Phi) is 5.67. The molecule has 2 rings (SSSR count). The molecule has 1 heterocycles. The summed E-state index contributed by atoms with van der Waals surface area (Å²) in [5, 5.41) is -0.468. The van der Waals surface area contributed by atoms with Crippen LogP contribution in [0.1, 0.15) is 33.7 Å². The van der Waals surface area contributed by atoms with Gasteiger partial charge in [0.1, 0.15) is 0 Å². The molecule has 0 radical (unpaired) electrons. The first-order valence-electron chi connectivity index (χ1n) is 8.22. The summed E-state index contributed by atoms with van der Waals surface area (Å²) < 4.78 is 52.9. The van der Waals surface area contributed by atoms with E-state index in [1.54, 1.807) is 6.92 Å². The lowest BCUT2D eigenvalue weighted by atomic mass is 9.86. The van der Waals surface area contributed by atoms with Crippen LogP contribution < -0.4 is 10.2 Å². The van der Waals surface area contributed by atoms with Gasteiger partial charge in [0.2, 0.25) is 5.43 Å². The highest BCUT2D eigenvalue weighted by Crippen LogP contribution is 2.35. The molecule has 1 aromatic heterocycles. The number of benzene rings is 1. The minimum absolute atomic E-state index is 0.00630. The standard InChI is InChI=1S/C19H20F3NO4/c1-6-13(19(3,4)5)23-9-12(27-18(25)26-7-2)17(24)10-8-11(20)14(21)15(22)16(10)23/h6,8-9,13H,1,7H2,2-5H3. The van der Waals surface area contributed by atoms with Crippen LogP contribution in [0, 0.1) is 22.9 Å². The molecule has 27 heavy (non-hydrogen) atoms. The van der Waals surface area contributed by atoms with Crippen molar-refractivity contribution in [1.29, 1.82) is 0 Å². The van der Waals surface area contributed by atoms with Gasteiger partial charge in [-0.2, -0.15) is 0 Å². The van der Waals surface area contributed by atoms with Gasteiger partial charge >= 0.3 is 6.16 Å². The third kappa shape index (κ3) is 3.84. The molecule has 1 unspecified atom stereocenters. The molecule has 0 spiro atoms. The van der Waals surface area contributed by atoms with Gasteiger partial charge in [-0.3, -0.25) is 4.79 Å². The molecular formula is C19H20F3NO4. The summed E-state index contributed by atoms with van der Waals surface area (Å²) in [4.78, 5) is 24.2. The van der Waals surface area contributed by atoms with Gasteiger partial charge in [0, 0.05) is 0 Å². The number of pyridine rings is 1. The van der Waals surface area contributed by atoms with Gasteiger partial charge in [0.15, 0.2) is 23.2 Å². The summed E-state index contributed by atoms with van der Waals surface area (Å²) in [6.07, 6.45) is 1.40. The lowest BCUT2D eigenvalue weighted by Gasteiger charge is -2.32. The first kappa shape index (κ1) is 20.5. The molecule has 1 aromatic carbocycles. The van der Waals surface area contributed by atoms with Crippen LogP contribution in [0.3, 0.4) is 0 Å². The van der Waals surface area contributed by atoms with Crippen LogP contribution in [0.5, 0.6) is 5.75 Å². The van der Waals surface area contributed by atoms with E-state index < -0.39 is 57.1 Å². The van der Waals surface area contributed by atoms with Crippen LogP contribution in [0.15, 0.2) is 29.7 Å². The summed E-state index contributed by atoms with van der Waals surface area (Å²) in [7, 11) is 0. The van der Waals surface area contributed by atoms with Crippen molar-refractivity contribution in [3.8, 4) is 5.75 Å². The number of nitrogens with zero attached hydrogens (tertiary/aromatic N) is 1. The second kappa shape index (κ2) is 7.46. The van der Waals surface area contributed by atoms with Crippen LogP contribution in [-0.2, 0) is 4.74 Å². The van der Waals surface area contributed by atoms with Gasteiger partial charge in [0.25, 0.3) is 0 Å². The third-order valence-electron chi connectivity index (χ3n) is 3.99. The van der Waals surface area contributed by atoms with E-state index in [0.717, 1.165) is 6.20 Å². The summed E-state index contributed by atoms with van der Waals surface area (Å²) in [6.45, 7) is 10.7. The molecule has 1 atom stereocenters.